The molecule has 0 amide bonds. The summed E-state index contributed by atoms with van der Waals surface area (Å²) in [7, 11) is 2.87. The Hall–Kier alpha value is -0.960. The molecule has 0 fully saturated rings. The summed E-state index contributed by atoms with van der Waals surface area (Å²) in [5.74, 6) is -0.258. The highest BCUT2D eigenvalue weighted by Gasteiger charge is 2.23. The van der Waals surface area contributed by atoms with Crippen molar-refractivity contribution in [3.05, 3.63) is 34.2 Å². The van der Waals surface area contributed by atoms with E-state index in [9.17, 15) is 15.0 Å². The first kappa shape index (κ1) is 30.1. The van der Waals surface area contributed by atoms with Crippen molar-refractivity contribution < 1.29 is 20.1 Å². The molecule has 0 aliphatic heterocycles. The Morgan fingerprint density at radius 2 is 1.85 bits per heavy atom. The summed E-state index contributed by atoms with van der Waals surface area (Å²) >= 11 is 0. The molecule has 0 aromatic heterocycles. The lowest BCUT2D eigenvalue weighted by molar-refractivity contribution is -0.141. The number of aliphatic hydroxyl groups excluding tert-OH is 1. The summed E-state index contributed by atoms with van der Waals surface area (Å²) in [4.78, 5) is 10.9. The Morgan fingerprint density at radius 3 is 2.48 bits per heavy atom. The van der Waals surface area contributed by atoms with Crippen molar-refractivity contribution >= 4 is 15.2 Å². The Kier molecular flexibility index (Phi) is 13.2. The Labute approximate surface area is 204 Å². The first-order chi connectivity index (χ1) is 15.3. The molecule has 1 aliphatic carbocycles. The number of carboxylic acid groups (broad SMARTS) is 1. The zero-order chi connectivity index (χ0) is 25.2. The van der Waals surface area contributed by atoms with Crippen LogP contribution in [-0.4, -0.2) is 33.0 Å². The van der Waals surface area contributed by atoms with Gasteiger partial charge in [0.15, 0.2) is 0 Å². The molecule has 6 atom stereocenters. The van der Waals surface area contributed by atoms with Crippen molar-refractivity contribution in [2.45, 2.75) is 117 Å². The van der Waals surface area contributed by atoms with Gasteiger partial charge in [0.05, 0.1) is 17.6 Å². The lowest BCUT2D eigenvalue weighted by Gasteiger charge is -2.27. The van der Waals surface area contributed by atoms with Crippen LogP contribution >= 0.6 is 9.24 Å². The maximum absolute atomic E-state index is 10.9. The molecule has 0 heterocycles. The van der Waals surface area contributed by atoms with Crippen LogP contribution in [0.1, 0.15) is 106 Å². The van der Waals surface area contributed by atoms with E-state index in [0.29, 0.717) is 18.8 Å². The number of allylic oxidation sites excluding steroid dienone is 4. The Morgan fingerprint density at radius 1 is 1.21 bits per heavy atom. The molecular weight excluding hydrogens is 431 g/mol. The summed E-state index contributed by atoms with van der Waals surface area (Å²) in [6.07, 6.45) is 13.1. The standard InChI is InChI=1S/C28H49O4P/c1-19(12-8-16-28(6,32)17-9-13-21(3)27(30)31)10-7-11-20(2)14-15-24-18-25(29)22(4)23(5)26(24)33/h10,18,20-22,25,29,32H,7-9,11-17,33H2,1-6H3,(H,30,31)/b19-10+. The second-order valence-electron chi connectivity index (χ2n) is 10.8. The van der Waals surface area contributed by atoms with Crippen LogP contribution in [0.15, 0.2) is 34.2 Å². The summed E-state index contributed by atoms with van der Waals surface area (Å²) in [6, 6.07) is 0. The molecule has 0 bridgehead atoms. The van der Waals surface area contributed by atoms with Crippen LogP contribution < -0.4 is 0 Å². The molecular formula is C28H49O4P. The van der Waals surface area contributed by atoms with Crippen molar-refractivity contribution in [3.63, 3.8) is 0 Å². The van der Waals surface area contributed by atoms with Gasteiger partial charge < -0.3 is 15.3 Å². The number of hydrogen-bond donors (Lipinski definition) is 3. The van der Waals surface area contributed by atoms with Crippen molar-refractivity contribution in [2.24, 2.45) is 17.8 Å². The van der Waals surface area contributed by atoms with E-state index in [1.807, 2.05) is 13.0 Å². The minimum atomic E-state index is -0.759. The lowest BCUT2D eigenvalue weighted by atomic mass is 9.85. The van der Waals surface area contributed by atoms with Crippen LogP contribution in [-0.2, 0) is 4.79 Å². The first-order valence-corrected chi connectivity index (χ1v) is 13.4. The van der Waals surface area contributed by atoms with Gasteiger partial charge in [0.2, 0.25) is 0 Å². The molecule has 5 heteroatoms. The van der Waals surface area contributed by atoms with Gasteiger partial charge in [-0.05, 0) is 102 Å². The third-order valence-corrected chi connectivity index (χ3v) is 8.28. The predicted octanol–water partition coefficient (Wildman–Crippen LogP) is 7.03. The smallest absolute Gasteiger partial charge is 0.306 e. The number of carboxylic acids is 1. The van der Waals surface area contributed by atoms with E-state index in [-0.39, 0.29) is 17.9 Å². The van der Waals surface area contributed by atoms with Crippen LogP contribution in [0.2, 0.25) is 0 Å². The number of hydrogen-bond acceptors (Lipinski definition) is 3. The zero-order valence-electron chi connectivity index (χ0n) is 21.9. The SMILES string of the molecule is CC1=C(P)C(CCC(C)CC/C=C(\C)CCCC(C)(O)CCCC(C)C(=O)O)=CC(O)C1C. The topological polar surface area (TPSA) is 77.8 Å². The van der Waals surface area contributed by atoms with E-state index >= 15 is 0 Å². The van der Waals surface area contributed by atoms with Crippen molar-refractivity contribution in [2.75, 3.05) is 0 Å². The molecule has 1 rings (SSSR count). The van der Waals surface area contributed by atoms with Gasteiger partial charge >= 0.3 is 5.97 Å². The fourth-order valence-corrected chi connectivity index (χ4v) is 4.96. The van der Waals surface area contributed by atoms with Gasteiger partial charge in [0, 0.05) is 5.92 Å². The summed E-state index contributed by atoms with van der Waals surface area (Å²) < 4.78 is 0. The number of aliphatic carboxylic acids is 1. The van der Waals surface area contributed by atoms with Crippen LogP contribution in [0.25, 0.3) is 0 Å². The number of carbonyl (C=O) groups is 1. The van der Waals surface area contributed by atoms with Crippen molar-refractivity contribution in [3.8, 4) is 0 Å². The van der Waals surface area contributed by atoms with Gasteiger partial charge in [0.25, 0.3) is 0 Å². The maximum Gasteiger partial charge on any atom is 0.306 e. The molecule has 0 radical (unpaired) electrons. The van der Waals surface area contributed by atoms with Gasteiger partial charge in [-0.15, -0.1) is 9.24 Å². The van der Waals surface area contributed by atoms with E-state index < -0.39 is 11.6 Å². The first-order valence-electron chi connectivity index (χ1n) is 12.8. The van der Waals surface area contributed by atoms with Gasteiger partial charge in [-0.2, -0.15) is 0 Å². The van der Waals surface area contributed by atoms with Crippen molar-refractivity contribution in [1.82, 2.24) is 0 Å². The summed E-state index contributed by atoms with van der Waals surface area (Å²) in [6.45, 7) is 12.3. The van der Waals surface area contributed by atoms with E-state index in [4.69, 9.17) is 5.11 Å². The third-order valence-electron chi connectivity index (χ3n) is 7.46. The van der Waals surface area contributed by atoms with Crippen LogP contribution in [0.3, 0.4) is 0 Å². The highest BCUT2D eigenvalue weighted by atomic mass is 31.0. The highest BCUT2D eigenvalue weighted by Crippen LogP contribution is 2.36. The summed E-state index contributed by atoms with van der Waals surface area (Å²) in [5, 5.41) is 31.1. The minimum absolute atomic E-state index is 0.205. The number of rotatable bonds is 15. The second-order valence-corrected chi connectivity index (χ2v) is 11.4. The Balaban J connectivity index is 2.28. The molecule has 0 aromatic carbocycles. The van der Waals surface area contributed by atoms with Crippen LogP contribution in [0.5, 0.6) is 0 Å². The van der Waals surface area contributed by atoms with E-state index in [0.717, 1.165) is 51.4 Å². The average molecular weight is 481 g/mol. The fraction of sp³-hybridized carbons (Fsp3) is 0.750. The molecule has 3 N–H and O–H groups in total. The molecule has 1 aliphatic rings. The largest absolute Gasteiger partial charge is 0.481 e. The van der Waals surface area contributed by atoms with Gasteiger partial charge in [0.1, 0.15) is 0 Å². The normalized spacial score (nSPS) is 23.2. The minimum Gasteiger partial charge on any atom is -0.481 e. The molecule has 0 saturated heterocycles. The van der Waals surface area contributed by atoms with E-state index in [1.54, 1.807) is 6.92 Å². The van der Waals surface area contributed by atoms with Crippen LogP contribution in [0.4, 0.5) is 0 Å². The van der Waals surface area contributed by atoms with Gasteiger partial charge in [-0.25, -0.2) is 0 Å². The quantitative estimate of drug-likeness (QED) is 0.174. The maximum atomic E-state index is 10.9. The molecule has 0 saturated carbocycles. The van der Waals surface area contributed by atoms with Crippen molar-refractivity contribution in [1.29, 1.82) is 0 Å². The monoisotopic (exact) mass is 480 g/mol. The molecule has 0 spiro atoms. The average Bonchev–Trinajstić information content (AvgIpc) is 2.73. The van der Waals surface area contributed by atoms with Crippen LogP contribution in [0, 0.1) is 17.8 Å². The van der Waals surface area contributed by atoms with E-state index in [1.165, 1.54) is 22.0 Å². The fourth-order valence-electron chi connectivity index (χ4n) is 4.46. The molecule has 6 unspecified atom stereocenters. The Bertz CT molecular complexity index is 719. The second kappa shape index (κ2) is 14.4. The van der Waals surface area contributed by atoms with Gasteiger partial charge in [-0.3, -0.25) is 4.79 Å². The molecule has 4 nitrogen and oxygen atoms in total. The number of aliphatic hydroxyl groups is 2. The van der Waals surface area contributed by atoms with E-state index in [2.05, 4.69) is 43.0 Å². The zero-order valence-corrected chi connectivity index (χ0v) is 23.0. The van der Waals surface area contributed by atoms with Gasteiger partial charge in [-0.1, -0.05) is 44.1 Å². The molecule has 190 valence electrons. The lowest BCUT2D eigenvalue weighted by Crippen LogP contribution is -2.24. The molecule has 0 aromatic rings. The highest BCUT2D eigenvalue weighted by molar-refractivity contribution is 7.23. The third kappa shape index (κ3) is 11.3. The predicted molar refractivity (Wildman–Crippen MR) is 142 cm³/mol. The molecule has 33 heavy (non-hydrogen) atoms. The summed E-state index contributed by atoms with van der Waals surface area (Å²) in [5.41, 5.74) is 3.24.